The average molecular weight is 700 g/mol. The molecule has 0 bridgehead atoms. The summed E-state index contributed by atoms with van der Waals surface area (Å²) in [6.07, 6.45) is 0.0835. The lowest BCUT2D eigenvalue weighted by molar-refractivity contribution is -0.142. The molecule has 2 aromatic rings. The number of hydrogen-bond acceptors (Lipinski definition) is 10. The lowest BCUT2D eigenvalue weighted by atomic mass is 10.0. The number of nitrogens with zero attached hydrogens (tertiary/aromatic N) is 2. The van der Waals surface area contributed by atoms with Crippen LogP contribution in [0.3, 0.4) is 0 Å². The van der Waals surface area contributed by atoms with Gasteiger partial charge in [0, 0.05) is 6.42 Å². The van der Waals surface area contributed by atoms with E-state index in [-0.39, 0.29) is 24.6 Å². The van der Waals surface area contributed by atoms with Crippen molar-refractivity contribution in [3.8, 4) is 0 Å². The zero-order valence-electron chi connectivity index (χ0n) is 28.6. The summed E-state index contributed by atoms with van der Waals surface area (Å²) in [6, 6.07) is 3.63. The molecule has 0 spiro atoms. The number of carbonyl (C=O) groups excluding carboxylic acids is 7. The van der Waals surface area contributed by atoms with Crippen LogP contribution in [0.25, 0.3) is 0 Å². The molecule has 2 heterocycles. The molecule has 1 aromatic heterocycles. The number of H-pyrrole nitrogens is 1. The van der Waals surface area contributed by atoms with Crippen LogP contribution in [0.1, 0.15) is 45.4 Å². The Bertz CT molecular complexity index is 1530. The number of rotatable bonds is 6. The zero-order valence-corrected chi connectivity index (χ0v) is 28.6. The molecule has 8 N–H and O–H groups in total. The summed E-state index contributed by atoms with van der Waals surface area (Å²) in [4.78, 5) is 105. The van der Waals surface area contributed by atoms with Gasteiger partial charge in [0.2, 0.25) is 35.4 Å². The molecule has 272 valence electrons. The van der Waals surface area contributed by atoms with Gasteiger partial charge in [-0.05, 0) is 38.7 Å². The van der Waals surface area contributed by atoms with Gasteiger partial charge in [0.25, 0.3) is 5.91 Å². The Balaban J connectivity index is 1.93. The standard InChI is InChI=1S/C32H45N9O9/c1-17(2)11-22-31(48)39-27(20(5)42)32(49)33-13-24(43)37-23(12-21-9-7-6-8-10-21)30(47)34-14-26(45)41(28-18(3)35-16-36-28)19(4)29(46)40-50-15-25(44)38-22/h6-10,16-17,19-20,22-23,27,42H,11-15H2,1-5H3,(H,33,49)(H,34,47)(H,35,36)(H,37,43)(H,38,44)(H,39,48)(H,40,46)/t19-,20+,22-,23-,27-/m0/s1. The fourth-order valence-corrected chi connectivity index (χ4v) is 5.04. The Morgan fingerprint density at radius 1 is 0.860 bits per heavy atom. The van der Waals surface area contributed by atoms with Crippen LogP contribution in [0.4, 0.5) is 5.82 Å². The highest BCUT2D eigenvalue weighted by Crippen LogP contribution is 2.18. The van der Waals surface area contributed by atoms with Crippen LogP contribution < -0.4 is 37.0 Å². The molecule has 1 aliphatic heterocycles. The van der Waals surface area contributed by atoms with Crippen LogP contribution in [-0.2, 0) is 44.8 Å². The van der Waals surface area contributed by atoms with Crippen LogP contribution >= 0.6 is 0 Å². The Morgan fingerprint density at radius 2 is 1.52 bits per heavy atom. The highest BCUT2D eigenvalue weighted by molar-refractivity contribution is 6.02. The second-order valence-electron chi connectivity index (χ2n) is 12.3. The number of anilines is 1. The van der Waals surface area contributed by atoms with E-state index in [0.717, 1.165) is 4.90 Å². The second-order valence-corrected chi connectivity index (χ2v) is 12.3. The molecule has 1 aromatic carbocycles. The van der Waals surface area contributed by atoms with E-state index in [2.05, 4.69) is 42.0 Å². The Morgan fingerprint density at radius 3 is 2.14 bits per heavy atom. The largest absolute Gasteiger partial charge is 0.391 e. The van der Waals surface area contributed by atoms with Crippen LogP contribution in [0.2, 0.25) is 0 Å². The third-order valence-corrected chi connectivity index (χ3v) is 7.64. The minimum atomic E-state index is -1.51. The van der Waals surface area contributed by atoms with Crippen molar-refractivity contribution in [3.05, 3.63) is 47.9 Å². The molecule has 18 nitrogen and oxygen atoms in total. The molecule has 1 saturated heterocycles. The van der Waals surface area contributed by atoms with Gasteiger partial charge in [-0.2, -0.15) is 0 Å². The van der Waals surface area contributed by atoms with E-state index < -0.39 is 91.3 Å². The van der Waals surface area contributed by atoms with E-state index in [0.29, 0.717) is 11.3 Å². The van der Waals surface area contributed by atoms with Gasteiger partial charge >= 0.3 is 0 Å². The number of aromatic nitrogens is 2. The summed E-state index contributed by atoms with van der Waals surface area (Å²) in [7, 11) is 0. The number of hydrogen-bond donors (Lipinski definition) is 8. The van der Waals surface area contributed by atoms with E-state index in [1.807, 2.05) is 0 Å². The lowest BCUT2D eigenvalue weighted by Gasteiger charge is -2.28. The van der Waals surface area contributed by atoms with E-state index >= 15 is 0 Å². The van der Waals surface area contributed by atoms with E-state index in [4.69, 9.17) is 4.84 Å². The van der Waals surface area contributed by atoms with E-state index in [9.17, 15) is 38.7 Å². The molecule has 0 radical (unpaired) electrons. The smallest absolute Gasteiger partial charge is 0.266 e. The second kappa shape index (κ2) is 18.4. The number of benzene rings is 1. The minimum absolute atomic E-state index is 0.0220. The number of aliphatic hydroxyl groups excluding tert-OH is 1. The molecule has 0 unspecified atom stereocenters. The third kappa shape index (κ3) is 11.4. The Hall–Kier alpha value is -5.36. The Labute approximate surface area is 288 Å². The van der Waals surface area contributed by atoms with Gasteiger partial charge in [-0.25, -0.2) is 10.5 Å². The average Bonchev–Trinajstić information content (AvgIpc) is 3.48. The predicted octanol–water partition coefficient (Wildman–Crippen LogP) is -2.14. The monoisotopic (exact) mass is 699 g/mol. The fraction of sp³-hybridized carbons (Fsp3) is 0.500. The van der Waals surface area contributed by atoms with Crippen LogP contribution in [0, 0.1) is 12.8 Å². The molecule has 0 saturated carbocycles. The summed E-state index contributed by atoms with van der Waals surface area (Å²) in [5, 5.41) is 22.6. The van der Waals surface area contributed by atoms with Crippen LogP contribution in [-0.4, -0.2) is 106 Å². The normalized spacial score (nSPS) is 23.3. The summed E-state index contributed by atoms with van der Waals surface area (Å²) >= 11 is 0. The molecular formula is C32H45N9O9. The minimum Gasteiger partial charge on any atom is -0.391 e. The van der Waals surface area contributed by atoms with E-state index in [1.54, 1.807) is 51.1 Å². The van der Waals surface area contributed by atoms with Crippen molar-refractivity contribution in [2.75, 3.05) is 24.6 Å². The van der Waals surface area contributed by atoms with Crippen molar-refractivity contribution >= 4 is 47.2 Å². The van der Waals surface area contributed by atoms with E-state index in [1.165, 1.54) is 20.2 Å². The van der Waals surface area contributed by atoms with Crippen molar-refractivity contribution in [3.63, 3.8) is 0 Å². The van der Waals surface area contributed by atoms with Crippen molar-refractivity contribution in [1.29, 1.82) is 0 Å². The number of imidazole rings is 1. The van der Waals surface area contributed by atoms with Crippen molar-refractivity contribution in [2.24, 2.45) is 5.92 Å². The SMILES string of the molecule is Cc1[nH]cnc1N1C(=O)CNC(=O)[C@H](Cc2ccccc2)NC(=O)CNC(=O)[C@H]([C@@H](C)O)NC(=O)[C@H](CC(C)C)NC(=O)CONC(=O)[C@@H]1C. The summed E-state index contributed by atoms with van der Waals surface area (Å²) in [6.45, 7) is 5.93. The summed E-state index contributed by atoms with van der Waals surface area (Å²) in [5.41, 5.74) is 3.25. The van der Waals surface area contributed by atoms with Gasteiger partial charge in [0.15, 0.2) is 12.4 Å². The predicted molar refractivity (Wildman–Crippen MR) is 177 cm³/mol. The highest BCUT2D eigenvalue weighted by atomic mass is 16.7. The molecule has 1 fully saturated rings. The first-order chi connectivity index (χ1) is 23.7. The van der Waals surface area contributed by atoms with Gasteiger partial charge in [0.1, 0.15) is 24.2 Å². The van der Waals surface area contributed by atoms with Gasteiger partial charge in [-0.3, -0.25) is 43.3 Å². The number of hydroxylamine groups is 1. The van der Waals surface area contributed by atoms with Crippen molar-refractivity contribution in [2.45, 2.75) is 77.7 Å². The fourth-order valence-electron chi connectivity index (χ4n) is 5.04. The molecule has 18 heteroatoms. The van der Waals surface area contributed by atoms with Gasteiger partial charge in [0.05, 0.1) is 31.2 Å². The molecule has 7 amide bonds. The molecule has 50 heavy (non-hydrogen) atoms. The maximum atomic E-state index is 13.6. The summed E-state index contributed by atoms with van der Waals surface area (Å²) in [5.74, 6) is -5.56. The maximum absolute atomic E-state index is 13.6. The lowest BCUT2D eigenvalue weighted by Crippen LogP contribution is -2.59. The topological polar surface area (TPSA) is 253 Å². The molecule has 1 aliphatic rings. The number of nitrogens with one attached hydrogen (secondary N) is 7. The first kappa shape index (κ1) is 39.1. The summed E-state index contributed by atoms with van der Waals surface area (Å²) < 4.78 is 0. The highest BCUT2D eigenvalue weighted by Gasteiger charge is 2.33. The number of carbonyl (C=O) groups is 7. The van der Waals surface area contributed by atoms with Crippen molar-refractivity contribution < 1.29 is 43.5 Å². The number of aromatic amines is 1. The number of amides is 7. The molecule has 3 rings (SSSR count). The molecular weight excluding hydrogens is 654 g/mol. The van der Waals surface area contributed by atoms with Gasteiger partial charge in [-0.15, -0.1) is 0 Å². The Kier molecular flexibility index (Phi) is 14.4. The number of aliphatic hydroxyl groups is 1. The first-order valence-corrected chi connectivity index (χ1v) is 16.1. The third-order valence-electron chi connectivity index (χ3n) is 7.64. The van der Waals surface area contributed by atoms with Crippen molar-refractivity contribution in [1.82, 2.24) is 42.0 Å². The van der Waals surface area contributed by atoms with Crippen LogP contribution in [0.5, 0.6) is 0 Å². The maximum Gasteiger partial charge on any atom is 0.266 e. The quantitative estimate of drug-likeness (QED) is 0.162. The zero-order chi connectivity index (χ0) is 37.0. The van der Waals surface area contributed by atoms with Crippen LogP contribution in [0.15, 0.2) is 36.7 Å². The van der Waals surface area contributed by atoms with Gasteiger partial charge in [-0.1, -0.05) is 44.2 Å². The van der Waals surface area contributed by atoms with Gasteiger partial charge < -0.3 is 36.7 Å². The first-order valence-electron chi connectivity index (χ1n) is 16.1. The molecule has 5 atom stereocenters. The molecule has 0 aliphatic carbocycles. The number of aryl methyl sites for hydroxylation is 1.